The molecule has 30 heavy (non-hydrogen) atoms. The Hall–Kier alpha value is -1.78. The van der Waals surface area contributed by atoms with E-state index < -0.39 is 20.2 Å². The molecule has 0 amide bonds. The van der Waals surface area contributed by atoms with E-state index in [1.807, 2.05) is 13.8 Å². The SMILES string of the molecule is Cc1ccc(S(=O)(=O)OC[C@@H]2CCCN[C@@H]2COS(=O)(=O)c2ccc(C)cc2)cc1. The van der Waals surface area contributed by atoms with Gasteiger partial charge in [0, 0.05) is 12.0 Å². The number of rotatable bonds is 8. The van der Waals surface area contributed by atoms with E-state index in [0.29, 0.717) is 6.54 Å². The molecule has 0 bridgehead atoms. The van der Waals surface area contributed by atoms with Crippen LogP contribution in [0.1, 0.15) is 24.0 Å². The molecule has 0 aromatic heterocycles. The third-order valence-corrected chi connectivity index (χ3v) is 7.78. The Balaban J connectivity index is 1.62. The molecule has 0 radical (unpaired) electrons. The second-order valence-corrected chi connectivity index (χ2v) is 10.8. The Morgan fingerprint density at radius 1 is 0.800 bits per heavy atom. The molecule has 1 aliphatic heterocycles. The van der Waals surface area contributed by atoms with Gasteiger partial charge in [-0.3, -0.25) is 8.37 Å². The van der Waals surface area contributed by atoms with Crippen LogP contribution in [0.4, 0.5) is 0 Å². The van der Waals surface area contributed by atoms with Crippen LogP contribution in [-0.2, 0) is 28.6 Å². The van der Waals surface area contributed by atoms with Crippen molar-refractivity contribution < 1.29 is 25.2 Å². The van der Waals surface area contributed by atoms with Gasteiger partial charge in [-0.25, -0.2) is 0 Å². The lowest BCUT2D eigenvalue weighted by Gasteiger charge is -2.31. The highest BCUT2D eigenvalue weighted by molar-refractivity contribution is 7.87. The standard InChI is InChI=1S/C21H27NO6S2/c1-16-5-9-19(10-6-16)29(23,24)27-14-18-4-3-13-22-21(18)15-28-30(25,26)20-11-7-17(2)8-12-20/h5-12,18,21-22H,3-4,13-15H2,1-2H3/t18-,21+/m0/s1. The first kappa shape index (κ1) is 22.9. The summed E-state index contributed by atoms with van der Waals surface area (Å²) in [5.74, 6) is -0.188. The van der Waals surface area contributed by atoms with E-state index in [1.54, 1.807) is 24.3 Å². The van der Waals surface area contributed by atoms with Crippen molar-refractivity contribution in [1.82, 2.24) is 5.32 Å². The molecule has 9 heteroatoms. The van der Waals surface area contributed by atoms with Gasteiger partial charge in [-0.05, 0) is 57.5 Å². The summed E-state index contributed by atoms with van der Waals surface area (Å²) < 4.78 is 60.3. The van der Waals surface area contributed by atoms with Crippen molar-refractivity contribution in [1.29, 1.82) is 0 Å². The minimum atomic E-state index is -3.89. The maximum Gasteiger partial charge on any atom is 0.297 e. The third-order valence-electron chi connectivity index (χ3n) is 5.19. The highest BCUT2D eigenvalue weighted by Crippen LogP contribution is 2.22. The monoisotopic (exact) mass is 453 g/mol. The highest BCUT2D eigenvalue weighted by atomic mass is 32.2. The van der Waals surface area contributed by atoms with Crippen molar-refractivity contribution in [3.8, 4) is 0 Å². The average Bonchev–Trinajstić information content (AvgIpc) is 2.72. The van der Waals surface area contributed by atoms with Crippen LogP contribution in [0.2, 0.25) is 0 Å². The van der Waals surface area contributed by atoms with Gasteiger partial charge in [-0.15, -0.1) is 0 Å². The van der Waals surface area contributed by atoms with Crippen molar-refractivity contribution in [3.63, 3.8) is 0 Å². The van der Waals surface area contributed by atoms with Gasteiger partial charge in [-0.2, -0.15) is 16.8 Å². The Labute approximate surface area is 178 Å². The van der Waals surface area contributed by atoms with Crippen molar-refractivity contribution in [2.24, 2.45) is 5.92 Å². The number of hydrogen-bond donors (Lipinski definition) is 1. The van der Waals surface area contributed by atoms with E-state index >= 15 is 0 Å². The van der Waals surface area contributed by atoms with Gasteiger partial charge in [0.1, 0.15) is 0 Å². The summed E-state index contributed by atoms with van der Waals surface area (Å²) in [5, 5.41) is 3.22. The zero-order chi connectivity index (χ0) is 21.8. The molecule has 0 aliphatic carbocycles. The van der Waals surface area contributed by atoms with Gasteiger partial charge in [0.25, 0.3) is 20.2 Å². The molecule has 164 valence electrons. The van der Waals surface area contributed by atoms with Gasteiger partial charge in [-0.1, -0.05) is 35.4 Å². The van der Waals surface area contributed by atoms with Gasteiger partial charge in [0.05, 0.1) is 23.0 Å². The summed E-state index contributed by atoms with van der Waals surface area (Å²) in [6, 6.07) is 12.6. The molecule has 7 nitrogen and oxygen atoms in total. The van der Waals surface area contributed by atoms with Crippen molar-refractivity contribution in [3.05, 3.63) is 59.7 Å². The molecule has 2 aromatic carbocycles. The molecular formula is C21H27NO6S2. The van der Waals surface area contributed by atoms with Gasteiger partial charge in [0.15, 0.2) is 0 Å². The highest BCUT2D eigenvalue weighted by Gasteiger charge is 2.29. The van der Waals surface area contributed by atoms with Crippen LogP contribution in [0.15, 0.2) is 58.3 Å². The van der Waals surface area contributed by atoms with Crippen LogP contribution in [-0.4, -0.2) is 42.6 Å². The smallest absolute Gasteiger partial charge is 0.297 e. The van der Waals surface area contributed by atoms with Crippen LogP contribution >= 0.6 is 0 Å². The van der Waals surface area contributed by atoms with E-state index in [2.05, 4.69) is 5.32 Å². The number of aryl methyl sites for hydroxylation is 2. The van der Waals surface area contributed by atoms with Crippen LogP contribution < -0.4 is 5.32 Å². The molecular weight excluding hydrogens is 426 g/mol. The normalized spacial score (nSPS) is 20.2. The van der Waals surface area contributed by atoms with Crippen molar-refractivity contribution >= 4 is 20.2 Å². The second-order valence-electron chi connectivity index (χ2n) is 7.57. The maximum absolute atomic E-state index is 12.5. The lowest BCUT2D eigenvalue weighted by atomic mass is 9.92. The van der Waals surface area contributed by atoms with Crippen LogP contribution in [0.25, 0.3) is 0 Å². The summed E-state index contributed by atoms with van der Waals surface area (Å²) in [5.41, 5.74) is 1.91. The topological polar surface area (TPSA) is 98.8 Å². The Morgan fingerprint density at radius 2 is 1.27 bits per heavy atom. The molecule has 1 aliphatic rings. The van der Waals surface area contributed by atoms with Gasteiger partial charge < -0.3 is 5.32 Å². The van der Waals surface area contributed by atoms with Crippen LogP contribution in [0.3, 0.4) is 0 Å². The Bertz CT molecular complexity index is 960. The van der Waals surface area contributed by atoms with Gasteiger partial charge in [0.2, 0.25) is 0 Å². The van der Waals surface area contributed by atoms with Crippen LogP contribution in [0.5, 0.6) is 0 Å². The molecule has 1 N–H and O–H groups in total. The second kappa shape index (κ2) is 9.57. The van der Waals surface area contributed by atoms with Crippen molar-refractivity contribution in [2.45, 2.75) is 42.5 Å². The largest absolute Gasteiger partial charge is 0.311 e. The predicted molar refractivity (Wildman–Crippen MR) is 113 cm³/mol. The van der Waals surface area contributed by atoms with E-state index in [0.717, 1.165) is 24.0 Å². The number of benzene rings is 2. The van der Waals surface area contributed by atoms with E-state index in [9.17, 15) is 16.8 Å². The fourth-order valence-electron chi connectivity index (χ4n) is 3.30. The summed E-state index contributed by atoms with van der Waals surface area (Å²) in [6.07, 6.45) is 1.56. The predicted octanol–water partition coefficient (Wildman–Crippen LogP) is 2.78. The molecule has 2 atom stereocenters. The summed E-state index contributed by atoms with van der Waals surface area (Å²) >= 11 is 0. The van der Waals surface area contributed by atoms with E-state index in [4.69, 9.17) is 8.37 Å². The molecule has 1 heterocycles. The first-order valence-corrected chi connectivity index (χ1v) is 12.6. The van der Waals surface area contributed by atoms with Crippen molar-refractivity contribution in [2.75, 3.05) is 19.8 Å². The van der Waals surface area contributed by atoms with Crippen LogP contribution in [0, 0.1) is 19.8 Å². The average molecular weight is 454 g/mol. The Morgan fingerprint density at radius 3 is 1.77 bits per heavy atom. The fourth-order valence-corrected chi connectivity index (χ4v) is 5.19. The van der Waals surface area contributed by atoms with E-state index in [1.165, 1.54) is 24.3 Å². The zero-order valence-electron chi connectivity index (χ0n) is 17.1. The fraction of sp³-hybridized carbons (Fsp3) is 0.429. The number of nitrogens with one attached hydrogen (secondary N) is 1. The Kier molecular flexibility index (Phi) is 7.30. The minimum Gasteiger partial charge on any atom is -0.311 e. The first-order chi connectivity index (χ1) is 14.2. The zero-order valence-corrected chi connectivity index (χ0v) is 18.7. The minimum absolute atomic E-state index is 0.0399. The third kappa shape index (κ3) is 5.89. The molecule has 2 aromatic rings. The first-order valence-electron chi connectivity index (χ1n) is 9.83. The maximum atomic E-state index is 12.5. The quantitative estimate of drug-likeness (QED) is 0.614. The number of hydrogen-bond acceptors (Lipinski definition) is 7. The van der Waals surface area contributed by atoms with Gasteiger partial charge >= 0.3 is 0 Å². The summed E-state index contributed by atoms with van der Waals surface area (Å²) in [4.78, 5) is 0.199. The molecule has 0 unspecified atom stereocenters. The molecule has 1 saturated heterocycles. The lowest BCUT2D eigenvalue weighted by Crippen LogP contribution is -2.46. The number of piperidine rings is 1. The molecule has 1 fully saturated rings. The lowest BCUT2D eigenvalue weighted by molar-refractivity contribution is 0.140. The molecule has 0 spiro atoms. The molecule has 0 saturated carbocycles. The molecule has 3 rings (SSSR count). The summed E-state index contributed by atoms with van der Waals surface area (Å²) in [6.45, 7) is 4.33. The van der Waals surface area contributed by atoms with E-state index in [-0.39, 0.29) is 35.0 Å². The summed E-state index contributed by atoms with van der Waals surface area (Å²) in [7, 11) is -7.77.